The number of anilines is 2. The minimum absolute atomic E-state index is 0.0472. The molecule has 0 bridgehead atoms. The Bertz CT molecular complexity index is 1040. The summed E-state index contributed by atoms with van der Waals surface area (Å²) < 4.78 is 16.6. The summed E-state index contributed by atoms with van der Waals surface area (Å²) in [5, 5.41) is 2.95. The van der Waals surface area contributed by atoms with Crippen LogP contribution < -0.4 is 20.9 Å². The molecule has 0 saturated carbocycles. The maximum atomic E-state index is 13.4. The summed E-state index contributed by atoms with van der Waals surface area (Å²) in [5.74, 6) is -0.0472. The first kappa shape index (κ1) is 32.8. The fraction of sp³-hybridized carbons (Fsp3) is 0.679. The molecule has 1 aromatic heterocycles. The van der Waals surface area contributed by atoms with Crippen LogP contribution in [-0.4, -0.2) is 78.0 Å². The number of amides is 3. The highest BCUT2D eigenvalue weighted by Gasteiger charge is 2.39. The molecule has 2 rings (SSSR count). The fourth-order valence-corrected chi connectivity index (χ4v) is 4.20. The zero-order valence-electron chi connectivity index (χ0n) is 25.5. The van der Waals surface area contributed by atoms with E-state index in [9.17, 15) is 14.4 Å². The minimum atomic E-state index is -0.894. The van der Waals surface area contributed by atoms with Crippen molar-refractivity contribution in [3.05, 3.63) is 18.5 Å². The van der Waals surface area contributed by atoms with Gasteiger partial charge in [0.15, 0.2) is 0 Å². The van der Waals surface area contributed by atoms with Crippen molar-refractivity contribution in [1.29, 1.82) is 0 Å². The van der Waals surface area contributed by atoms with Crippen LogP contribution in [0.4, 0.5) is 25.8 Å². The monoisotopic (exact) mass is 562 g/mol. The summed E-state index contributed by atoms with van der Waals surface area (Å²) in [7, 11) is 0. The summed E-state index contributed by atoms with van der Waals surface area (Å²) in [6, 6.07) is 0.974. The Hall–Kier alpha value is -3.41. The van der Waals surface area contributed by atoms with E-state index in [2.05, 4.69) is 15.3 Å². The third-order valence-electron chi connectivity index (χ3n) is 5.52. The Morgan fingerprint density at radius 1 is 1.02 bits per heavy atom. The highest BCUT2D eigenvalue weighted by Crippen LogP contribution is 2.34. The van der Waals surface area contributed by atoms with Crippen LogP contribution in [0.3, 0.4) is 0 Å². The van der Waals surface area contributed by atoms with E-state index in [1.54, 1.807) is 80.8 Å². The topological polar surface area (TPSA) is 149 Å². The third kappa shape index (κ3) is 9.96. The quantitative estimate of drug-likeness (QED) is 0.390. The van der Waals surface area contributed by atoms with Crippen molar-refractivity contribution in [2.75, 3.05) is 29.4 Å². The molecule has 1 aliphatic heterocycles. The lowest BCUT2D eigenvalue weighted by molar-refractivity contribution is 0.0427. The number of carbonyl (C=O) groups excluding carboxylic acids is 3. The number of ether oxygens (including phenoxy) is 3. The molecule has 12 nitrogen and oxygen atoms in total. The number of pyridine rings is 1. The number of carbonyl (C=O) groups is 3. The lowest BCUT2D eigenvalue weighted by Crippen LogP contribution is -2.59. The van der Waals surface area contributed by atoms with Gasteiger partial charge in [-0.05, 0) is 74.3 Å². The van der Waals surface area contributed by atoms with Crippen LogP contribution in [0.5, 0.6) is 0 Å². The van der Waals surface area contributed by atoms with Crippen molar-refractivity contribution < 1.29 is 28.6 Å². The Balaban J connectivity index is 2.53. The number of nitrogens with one attached hydrogen (secondary N) is 1. The molecule has 0 aromatic carbocycles. The zero-order chi connectivity index (χ0) is 30.5. The van der Waals surface area contributed by atoms with Gasteiger partial charge in [-0.3, -0.25) is 9.98 Å². The van der Waals surface area contributed by atoms with Gasteiger partial charge in [0.25, 0.3) is 0 Å². The van der Waals surface area contributed by atoms with Crippen molar-refractivity contribution in [2.45, 2.75) is 98.1 Å². The SMILES string of the molecule is CC1CN(c2ccncc2N(C(=O)OC(C)(C)C)C(=O)OC(C)(C)C)CC(NC(=O)OC(C)(C)C)C1N=CCN. The molecule has 0 aliphatic carbocycles. The van der Waals surface area contributed by atoms with Gasteiger partial charge in [-0.25, -0.2) is 14.4 Å². The van der Waals surface area contributed by atoms with Crippen molar-refractivity contribution in [1.82, 2.24) is 10.3 Å². The van der Waals surface area contributed by atoms with Crippen LogP contribution in [0.1, 0.15) is 69.2 Å². The van der Waals surface area contributed by atoms with Crippen LogP contribution in [0.2, 0.25) is 0 Å². The highest BCUT2D eigenvalue weighted by atomic mass is 16.6. The number of rotatable bonds is 5. The van der Waals surface area contributed by atoms with Crippen molar-refractivity contribution in [3.63, 3.8) is 0 Å². The molecule has 224 valence electrons. The Labute approximate surface area is 237 Å². The average molecular weight is 563 g/mol. The van der Waals surface area contributed by atoms with E-state index in [4.69, 9.17) is 19.9 Å². The standard InChI is InChI=1S/C28H46N6O6/c1-18-16-33(17-19(22(18)31-14-12-29)32-23(35)38-26(2,3)4)20-11-13-30-15-21(20)34(24(36)39-27(5,6)7)25(37)40-28(8,9)10/h11,13-15,18-19,22H,12,16-17,29H2,1-10H3,(H,32,35). The number of imide groups is 1. The number of aromatic nitrogens is 1. The van der Waals surface area contributed by atoms with E-state index >= 15 is 0 Å². The van der Waals surface area contributed by atoms with Gasteiger partial charge in [0, 0.05) is 32.0 Å². The largest absolute Gasteiger partial charge is 0.444 e. The number of nitrogens with zero attached hydrogens (tertiary/aromatic N) is 4. The Morgan fingerprint density at radius 2 is 1.57 bits per heavy atom. The maximum Gasteiger partial charge on any atom is 0.424 e. The molecular weight excluding hydrogens is 516 g/mol. The lowest BCUT2D eigenvalue weighted by Gasteiger charge is -2.43. The van der Waals surface area contributed by atoms with Gasteiger partial charge >= 0.3 is 18.3 Å². The third-order valence-corrected chi connectivity index (χ3v) is 5.52. The lowest BCUT2D eigenvalue weighted by atomic mass is 9.89. The predicted molar refractivity (Wildman–Crippen MR) is 155 cm³/mol. The molecule has 3 unspecified atom stereocenters. The molecular formula is C28H46N6O6. The number of hydrogen-bond donors (Lipinski definition) is 2. The summed E-state index contributed by atoms with van der Waals surface area (Å²) in [6.45, 7) is 18.7. The summed E-state index contributed by atoms with van der Waals surface area (Å²) >= 11 is 0. The second-order valence-corrected chi connectivity index (χ2v) is 12.9. The second-order valence-electron chi connectivity index (χ2n) is 12.9. The average Bonchev–Trinajstić information content (AvgIpc) is 2.75. The molecule has 12 heteroatoms. The number of nitrogens with two attached hydrogens (primary N) is 1. The molecule has 0 radical (unpaired) electrons. The molecule has 1 fully saturated rings. The first-order chi connectivity index (χ1) is 18.3. The number of hydrogen-bond acceptors (Lipinski definition) is 10. The molecule has 3 atom stereocenters. The summed E-state index contributed by atoms with van der Waals surface area (Å²) in [6.07, 6.45) is 2.26. The second kappa shape index (κ2) is 12.8. The van der Waals surface area contributed by atoms with Gasteiger partial charge in [0.1, 0.15) is 22.5 Å². The smallest absolute Gasteiger partial charge is 0.424 e. The van der Waals surface area contributed by atoms with Crippen LogP contribution in [0.15, 0.2) is 23.5 Å². The number of alkyl carbamates (subject to hydrolysis) is 1. The molecule has 1 aromatic rings. The maximum absolute atomic E-state index is 13.4. The van der Waals surface area contributed by atoms with Crippen molar-refractivity contribution in [3.8, 4) is 0 Å². The van der Waals surface area contributed by atoms with E-state index in [0.29, 0.717) is 18.8 Å². The van der Waals surface area contributed by atoms with Crippen molar-refractivity contribution >= 4 is 35.9 Å². The molecule has 2 heterocycles. The van der Waals surface area contributed by atoms with E-state index in [1.165, 1.54) is 6.20 Å². The van der Waals surface area contributed by atoms with Crippen LogP contribution in [-0.2, 0) is 14.2 Å². The van der Waals surface area contributed by atoms with E-state index < -0.39 is 41.1 Å². The first-order valence-corrected chi connectivity index (χ1v) is 13.5. The Kier molecular flexibility index (Phi) is 10.5. The molecule has 3 amide bonds. The van der Waals surface area contributed by atoms with Gasteiger partial charge < -0.3 is 30.2 Å². The van der Waals surface area contributed by atoms with Crippen LogP contribution in [0.25, 0.3) is 0 Å². The van der Waals surface area contributed by atoms with Gasteiger partial charge in [-0.15, -0.1) is 0 Å². The van der Waals surface area contributed by atoms with Gasteiger partial charge in [-0.1, -0.05) is 6.92 Å². The normalized spacial score (nSPS) is 20.2. The Morgan fingerprint density at radius 3 is 2.08 bits per heavy atom. The molecule has 0 spiro atoms. The molecule has 1 aliphatic rings. The molecule has 3 N–H and O–H groups in total. The molecule has 1 saturated heterocycles. The fourth-order valence-electron chi connectivity index (χ4n) is 4.20. The minimum Gasteiger partial charge on any atom is -0.444 e. The van der Waals surface area contributed by atoms with Crippen LogP contribution >= 0.6 is 0 Å². The van der Waals surface area contributed by atoms with Crippen molar-refractivity contribution in [2.24, 2.45) is 16.6 Å². The van der Waals surface area contributed by atoms with Gasteiger partial charge in [0.2, 0.25) is 0 Å². The summed E-state index contributed by atoms with van der Waals surface area (Å²) in [5.41, 5.74) is 3.98. The number of aliphatic imine (C=N–C) groups is 1. The number of piperidine rings is 1. The predicted octanol–water partition coefficient (Wildman–Crippen LogP) is 4.51. The van der Waals surface area contributed by atoms with E-state index in [1.807, 2.05) is 11.8 Å². The van der Waals surface area contributed by atoms with Crippen LogP contribution in [0, 0.1) is 5.92 Å². The van der Waals surface area contributed by atoms with Gasteiger partial charge in [0.05, 0.1) is 24.0 Å². The van der Waals surface area contributed by atoms with Gasteiger partial charge in [-0.2, -0.15) is 4.90 Å². The van der Waals surface area contributed by atoms with E-state index in [-0.39, 0.29) is 24.2 Å². The molecule has 40 heavy (non-hydrogen) atoms. The highest BCUT2D eigenvalue weighted by molar-refractivity contribution is 6.11. The zero-order valence-corrected chi connectivity index (χ0v) is 25.5. The summed E-state index contributed by atoms with van der Waals surface area (Å²) in [4.78, 5) is 51.1. The van der Waals surface area contributed by atoms with E-state index in [0.717, 1.165) is 4.90 Å². The first-order valence-electron chi connectivity index (χ1n) is 13.5.